The third kappa shape index (κ3) is 8.21. The van der Waals surface area contributed by atoms with Gasteiger partial charge in [0, 0.05) is 25.9 Å². The van der Waals surface area contributed by atoms with Gasteiger partial charge in [0.15, 0.2) is 5.78 Å². The molecule has 1 atom stereocenters. The summed E-state index contributed by atoms with van der Waals surface area (Å²) in [4.78, 5) is 11.3. The van der Waals surface area contributed by atoms with E-state index < -0.39 is 5.92 Å². The maximum absolute atomic E-state index is 13.1. The normalized spacial score (nSPS) is 13.7. The average molecular weight is 252 g/mol. The van der Waals surface area contributed by atoms with E-state index in [1.54, 1.807) is 6.92 Å². The third-order valence-electron chi connectivity index (χ3n) is 2.69. The molecule has 0 rings (SSSR count). The lowest BCUT2D eigenvalue weighted by Gasteiger charge is -2.15. The molecule has 0 aliphatic heterocycles. The molecule has 0 amide bonds. The predicted molar refractivity (Wildman–Crippen MR) is 61.3 cm³/mol. The summed E-state index contributed by atoms with van der Waals surface area (Å²) in [6.45, 7) is 3.56. The first kappa shape index (κ1) is 16.4. The van der Waals surface area contributed by atoms with Gasteiger partial charge in [-0.2, -0.15) is 0 Å². The quantitative estimate of drug-likeness (QED) is 0.561. The molecule has 5 heteroatoms. The summed E-state index contributed by atoms with van der Waals surface area (Å²) >= 11 is 0. The molecule has 0 aromatic rings. The topological polar surface area (TPSA) is 35.5 Å². The third-order valence-corrected chi connectivity index (χ3v) is 2.69. The van der Waals surface area contributed by atoms with Crippen molar-refractivity contribution >= 4 is 5.78 Å². The number of methoxy groups -OCH3 is 1. The van der Waals surface area contributed by atoms with E-state index >= 15 is 0 Å². The Morgan fingerprint density at radius 2 is 1.88 bits per heavy atom. The largest absolute Gasteiger partial charge is 0.384 e. The van der Waals surface area contributed by atoms with Gasteiger partial charge in [0.05, 0.1) is 13.2 Å². The number of rotatable bonds is 10. The van der Waals surface area contributed by atoms with Gasteiger partial charge < -0.3 is 9.47 Å². The number of hydrogen-bond acceptors (Lipinski definition) is 3. The predicted octanol–water partition coefficient (Wildman–Crippen LogP) is 2.68. The molecule has 0 aliphatic carbocycles. The Kier molecular flexibility index (Phi) is 8.25. The van der Waals surface area contributed by atoms with Gasteiger partial charge in [-0.15, -0.1) is 0 Å². The number of carbonyl (C=O) groups excluding carboxylic acids is 1. The SMILES string of the molecule is CCC(C)C(=O)COCCC(F)(F)CCOC. The van der Waals surface area contributed by atoms with E-state index in [1.807, 2.05) is 6.92 Å². The Hall–Kier alpha value is -0.550. The number of carbonyl (C=O) groups is 1. The Balaban J connectivity index is 3.66. The first-order chi connectivity index (χ1) is 7.93. The van der Waals surface area contributed by atoms with Gasteiger partial charge in [-0.1, -0.05) is 13.8 Å². The summed E-state index contributed by atoms with van der Waals surface area (Å²) in [5, 5.41) is 0. The van der Waals surface area contributed by atoms with Crippen molar-refractivity contribution in [1.29, 1.82) is 0 Å². The van der Waals surface area contributed by atoms with Crippen LogP contribution in [0.1, 0.15) is 33.1 Å². The maximum Gasteiger partial charge on any atom is 0.252 e. The van der Waals surface area contributed by atoms with Gasteiger partial charge in [0.1, 0.15) is 6.61 Å². The van der Waals surface area contributed by atoms with Crippen LogP contribution >= 0.6 is 0 Å². The molecule has 0 aliphatic rings. The molecule has 0 fully saturated rings. The summed E-state index contributed by atoms with van der Waals surface area (Å²) in [6.07, 6.45) is 0.0580. The first-order valence-electron chi connectivity index (χ1n) is 5.90. The molecule has 0 N–H and O–H groups in total. The molecule has 1 unspecified atom stereocenters. The summed E-state index contributed by atoms with van der Waals surface area (Å²) < 4.78 is 35.8. The zero-order chi connectivity index (χ0) is 13.3. The van der Waals surface area contributed by atoms with Crippen LogP contribution in [0.3, 0.4) is 0 Å². The van der Waals surface area contributed by atoms with Crippen molar-refractivity contribution < 1.29 is 23.0 Å². The first-order valence-corrected chi connectivity index (χ1v) is 5.90. The molecule has 0 bridgehead atoms. The van der Waals surface area contributed by atoms with Crippen molar-refractivity contribution in [3.8, 4) is 0 Å². The molecule has 3 nitrogen and oxygen atoms in total. The van der Waals surface area contributed by atoms with E-state index in [0.29, 0.717) is 0 Å². The zero-order valence-electron chi connectivity index (χ0n) is 10.8. The van der Waals surface area contributed by atoms with Gasteiger partial charge >= 0.3 is 0 Å². The minimum absolute atomic E-state index is 0.0266. The number of ether oxygens (including phenoxy) is 2. The Morgan fingerprint density at radius 1 is 1.29 bits per heavy atom. The molecule has 0 heterocycles. The lowest BCUT2D eigenvalue weighted by Crippen LogP contribution is -2.23. The lowest BCUT2D eigenvalue weighted by molar-refractivity contribution is -0.128. The van der Waals surface area contributed by atoms with Crippen LogP contribution in [0.4, 0.5) is 8.78 Å². The average Bonchev–Trinajstić information content (AvgIpc) is 2.30. The molecular formula is C12H22F2O3. The summed E-state index contributed by atoms with van der Waals surface area (Å²) in [6, 6.07) is 0. The van der Waals surface area contributed by atoms with Crippen molar-refractivity contribution in [3.05, 3.63) is 0 Å². The molecule has 0 saturated heterocycles. The number of ketones is 1. The fourth-order valence-corrected chi connectivity index (χ4v) is 1.14. The van der Waals surface area contributed by atoms with Crippen molar-refractivity contribution in [2.24, 2.45) is 5.92 Å². The smallest absolute Gasteiger partial charge is 0.252 e. The van der Waals surface area contributed by atoms with E-state index in [-0.39, 0.29) is 44.4 Å². The molecule has 17 heavy (non-hydrogen) atoms. The summed E-state index contributed by atoms with van der Waals surface area (Å²) in [5.41, 5.74) is 0. The van der Waals surface area contributed by atoms with Crippen molar-refractivity contribution in [3.63, 3.8) is 0 Å². The van der Waals surface area contributed by atoms with Gasteiger partial charge in [0.25, 0.3) is 5.92 Å². The fraction of sp³-hybridized carbons (Fsp3) is 0.917. The monoisotopic (exact) mass is 252 g/mol. The van der Waals surface area contributed by atoms with Crippen LogP contribution in [0.2, 0.25) is 0 Å². The van der Waals surface area contributed by atoms with Crippen LogP contribution < -0.4 is 0 Å². The second kappa shape index (κ2) is 8.53. The second-order valence-electron chi connectivity index (χ2n) is 4.18. The van der Waals surface area contributed by atoms with Gasteiger partial charge in [0.2, 0.25) is 0 Å². The zero-order valence-corrected chi connectivity index (χ0v) is 10.8. The van der Waals surface area contributed by atoms with E-state index in [4.69, 9.17) is 4.74 Å². The Morgan fingerprint density at radius 3 is 2.41 bits per heavy atom. The van der Waals surface area contributed by atoms with Gasteiger partial charge in [-0.05, 0) is 6.42 Å². The molecular weight excluding hydrogens is 230 g/mol. The van der Waals surface area contributed by atoms with E-state index in [9.17, 15) is 13.6 Å². The van der Waals surface area contributed by atoms with E-state index in [1.165, 1.54) is 7.11 Å². The molecule has 102 valence electrons. The summed E-state index contributed by atoms with van der Waals surface area (Å²) in [7, 11) is 1.39. The minimum Gasteiger partial charge on any atom is -0.384 e. The van der Waals surface area contributed by atoms with Gasteiger partial charge in [-0.25, -0.2) is 8.78 Å². The fourth-order valence-electron chi connectivity index (χ4n) is 1.14. The van der Waals surface area contributed by atoms with Crippen LogP contribution in [0.25, 0.3) is 0 Å². The minimum atomic E-state index is -2.78. The maximum atomic E-state index is 13.1. The number of hydrogen-bond donors (Lipinski definition) is 0. The van der Waals surface area contributed by atoms with Crippen LogP contribution in [-0.4, -0.2) is 38.6 Å². The van der Waals surface area contributed by atoms with Crippen LogP contribution in [0.5, 0.6) is 0 Å². The molecule has 0 saturated carbocycles. The highest BCUT2D eigenvalue weighted by Gasteiger charge is 2.28. The lowest BCUT2D eigenvalue weighted by atomic mass is 10.0. The highest BCUT2D eigenvalue weighted by atomic mass is 19.3. The molecule has 0 aromatic carbocycles. The number of halogens is 2. The van der Waals surface area contributed by atoms with Crippen LogP contribution in [0, 0.1) is 5.92 Å². The molecule has 0 spiro atoms. The van der Waals surface area contributed by atoms with Gasteiger partial charge in [-0.3, -0.25) is 4.79 Å². The summed E-state index contributed by atoms with van der Waals surface area (Å²) in [5.74, 6) is -2.88. The molecule has 0 radical (unpaired) electrons. The van der Waals surface area contributed by atoms with Crippen LogP contribution in [0.15, 0.2) is 0 Å². The van der Waals surface area contributed by atoms with Crippen LogP contribution in [-0.2, 0) is 14.3 Å². The highest BCUT2D eigenvalue weighted by Crippen LogP contribution is 2.22. The Labute approximate surface area is 101 Å². The van der Waals surface area contributed by atoms with Crippen molar-refractivity contribution in [1.82, 2.24) is 0 Å². The highest BCUT2D eigenvalue weighted by molar-refractivity contribution is 5.81. The van der Waals surface area contributed by atoms with E-state index in [0.717, 1.165) is 6.42 Å². The number of alkyl halides is 2. The number of Topliss-reactive ketones (excluding diaryl/α,β-unsaturated/α-hetero) is 1. The second-order valence-corrected chi connectivity index (χ2v) is 4.18. The molecule has 0 aromatic heterocycles. The van der Waals surface area contributed by atoms with Crippen molar-refractivity contribution in [2.45, 2.75) is 39.0 Å². The standard InChI is InChI=1S/C12H22F2O3/c1-4-10(2)11(15)9-17-8-6-12(13,14)5-7-16-3/h10H,4-9H2,1-3H3. The van der Waals surface area contributed by atoms with Crippen molar-refractivity contribution in [2.75, 3.05) is 26.9 Å². The Bertz CT molecular complexity index is 220. The van der Waals surface area contributed by atoms with E-state index in [2.05, 4.69) is 4.74 Å².